The number of rotatable bonds is 0. The minimum atomic E-state index is 1.13. The van der Waals surface area contributed by atoms with Gasteiger partial charge in [0.2, 0.25) is 0 Å². The molecule has 0 aliphatic heterocycles. The third-order valence-electron chi connectivity index (χ3n) is 3.02. The van der Waals surface area contributed by atoms with E-state index >= 15 is 0 Å². The van der Waals surface area contributed by atoms with E-state index in [9.17, 15) is 0 Å². The van der Waals surface area contributed by atoms with Gasteiger partial charge in [0.1, 0.15) is 0 Å². The zero-order valence-corrected chi connectivity index (χ0v) is 7.98. The highest BCUT2D eigenvalue weighted by Gasteiger charge is 2.17. The molecular weight excluding hydrogens is 144 g/mol. The minimum absolute atomic E-state index is 1.13. The van der Waals surface area contributed by atoms with Crippen LogP contribution in [0.4, 0.5) is 0 Å². The zero-order chi connectivity index (χ0) is 8.55. The summed E-state index contributed by atoms with van der Waals surface area (Å²) in [7, 11) is 0. The summed E-state index contributed by atoms with van der Waals surface area (Å²) in [6.45, 7) is 4.51. The minimum Gasteiger partial charge on any atom is -0.0775 e. The Balaban J connectivity index is 2.46. The second kappa shape index (κ2) is 2.93. The van der Waals surface area contributed by atoms with Crippen molar-refractivity contribution in [1.82, 2.24) is 0 Å². The van der Waals surface area contributed by atoms with E-state index in [1.54, 1.807) is 11.1 Å². The van der Waals surface area contributed by atoms with E-state index in [0.29, 0.717) is 0 Å². The second-order valence-corrected chi connectivity index (χ2v) is 3.82. The third kappa shape index (κ3) is 1.16. The summed E-state index contributed by atoms with van der Waals surface area (Å²) in [5.41, 5.74) is 6.33. The molecule has 2 aliphatic carbocycles. The van der Waals surface area contributed by atoms with Crippen molar-refractivity contribution in [3.8, 4) is 0 Å². The third-order valence-corrected chi connectivity index (χ3v) is 3.02. The van der Waals surface area contributed by atoms with Crippen molar-refractivity contribution in [2.24, 2.45) is 0 Å². The van der Waals surface area contributed by atoms with Crippen molar-refractivity contribution >= 4 is 0 Å². The van der Waals surface area contributed by atoms with Crippen molar-refractivity contribution < 1.29 is 0 Å². The predicted octanol–water partition coefficient (Wildman–Crippen LogP) is 3.76. The van der Waals surface area contributed by atoms with Crippen LogP contribution in [0.5, 0.6) is 0 Å². The highest BCUT2D eigenvalue weighted by atomic mass is 14.2. The molecule has 0 spiro atoms. The lowest BCUT2D eigenvalue weighted by molar-refractivity contribution is 0.893. The smallest absolute Gasteiger partial charge is 0.0158 e. The van der Waals surface area contributed by atoms with Crippen LogP contribution >= 0.6 is 0 Å². The monoisotopic (exact) mass is 160 g/mol. The standard InChI is InChI=1S/C12H16/c1-9-5-3-6-10(2)12-8-4-7-11(9)12/h5-6H,3-4,7-8H2,1-2H3. The molecule has 0 fully saturated rings. The first-order chi connectivity index (χ1) is 5.79. The summed E-state index contributed by atoms with van der Waals surface area (Å²) in [4.78, 5) is 0. The fraction of sp³-hybridized carbons (Fsp3) is 0.500. The predicted molar refractivity (Wildman–Crippen MR) is 53.0 cm³/mol. The molecule has 2 rings (SSSR count). The average Bonchev–Trinajstić information content (AvgIpc) is 2.47. The molecule has 64 valence electrons. The molecule has 0 N–H and O–H groups in total. The number of hydrogen-bond donors (Lipinski definition) is 0. The molecule has 0 amide bonds. The average molecular weight is 160 g/mol. The Morgan fingerprint density at radius 1 is 0.917 bits per heavy atom. The maximum absolute atomic E-state index is 2.36. The summed E-state index contributed by atoms with van der Waals surface area (Å²) < 4.78 is 0. The Bertz CT molecular complexity index is 259. The topological polar surface area (TPSA) is 0 Å². The van der Waals surface area contributed by atoms with Gasteiger partial charge in [-0.3, -0.25) is 0 Å². The van der Waals surface area contributed by atoms with Crippen LogP contribution in [0.3, 0.4) is 0 Å². The molecule has 0 saturated carbocycles. The van der Waals surface area contributed by atoms with Crippen molar-refractivity contribution in [3.63, 3.8) is 0 Å². The summed E-state index contributed by atoms with van der Waals surface area (Å²) >= 11 is 0. The van der Waals surface area contributed by atoms with E-state index < -0.39 is 0 Å². The van der Waals surface area contributed by atoms with E-state index in [-0.39, 0.29) is 0 Å². The van der Waals surface area contributed by atoms with E-state index in [4.69, 9.17) is 0 Å². The van der Waals surface area contributed by atoms with Gasteiger partial charge in [0.15, 0.2) is 0 Å². The normalized spacial score (nSPS) is 23.2. The Labute approximate surface area is 74.7 Å². The molecule has 0 nitrogen and oxygen atoms in total. The first-order valence-corrected chi connectivity index (χ1v) is 4.85. The van der Waals surface area contributed by atoms with Gasteiger partial charge in [-0.2, -0.15) is 0 Å². The lowest BCUT2D eigenvalue weighted by atomic mass is 10.0. The fourth-order valence-electron chi connectivity index (χ4n) is 2.27. The molecule has 0 heteroatoms. The van der Waals surface area contributed by atoms with Crippen LogP contribution in [-0.2, 0) is 0 Å². The highest BCUT2D eigenvalue weighted by molar-refractivity contribution is 5.48. The van der Waals surface area contributed by atoms with E-state index in [1.165, 1.54) is 30.4 Å². The summed E-state index contributed by atoms with van der Waals surface area (Å²) in [5.74, 6) is 0. The molecule has 0 atom stereocenters. The van der Waals surface area contributed by atoms with Gasteiger partial charge < -0.3 is 0 Å². The Hall–Kier alpha value is -0.780. The summed E-state index contributed by atoms with van der Waals surface area (Å²) in [6.07, 6.45) is 9.83. The molecule has 12 heavy (non-hydrogen) atoms. The van der Waals surface area contributed by atoms with Crippen LogP contribution in [0.25, 0.3) is 0 Å². The maximum Gasteiger partial charge on any atom is -0.0158 e. The van der Waals surface area contributed by atoms with Gasteiger partial charge in [0.25, 0.3) is 0 Å². The van der Waals surface area contributed by atoms with Crippen molar-refractivity contribution in [2.75, 3.05) is 0 Å². The molecule has 0 heterocycles. The Morgan fingerprint density at radius 2 is 1.42 bits per heavy atom. The first kappa shape index (κ1) is 7.85. The SMILES string of the molecule is CC1=CCC=C(C)C2=C1CCC2. The van der Waals surface area contributed by atoms with Gasteiger partial charge >= 0.3 is 0 Å². The number of allylic oxidation sites excluding steroid dienone is 6. The van der Waals surface area contributed by atoms with E-state index in [1.807, 2.05) is 0 Å². The molecule has 0 radical (unpaired) electrons. The van der Waals surface area contributed by atoms with Gasteiger partial charge in [-0.25, -0.2) is 0 Å². The van der Waals surface area contributed by atoms with Gasteiger partial charge in [-0.05, 0) is 50.7 Å². The molecule has 0 bridgehead atoms. The van der Waals surface area contributed by atoms with Gasteiger partial charge in [0.05, 0.1) is 0 Å². The zero-order valence-electron chi connectivity index (χ0n) is 7.98. The molecule has 0 unspecified atom stereocenters. The van der Waals surface area contributed by atoms with E-state index in [2.05, 4.69) is 26.0 Å². The number of hydrogen-bond acceptors (Lipinski definition) is 0. The van der Waals surface area contributed by atoms with Crippen LogP contribution in [0, 0.1) is 0 Å². The van der Waals surface area contributed by atoms with Crippen molar-refractivity contribution in [1.29, 1.82) is 0 Å². The van der Waals surface area contributed by atoms with Crippen LogP contribution in [-0.4, -0.2) is 0 Å². The van der Waals surface area contributed by atoms with Crippen LogP contribution in [0.1, 0.15) is 39.5 Å². The van der Waals surface area contributed by atoms with Crippen molar-refractivity contribution in [2.45, 2.75) is 39.5 Å². The van der Waals surface area contributed by atoms with Crippen molar-refractivity contribution in [3.05, 3.63) is 34.4 Å². The molecule has 0 saturated heterocycles. The van der Waals surface area contributed by atoms with Gasteiger partial charge in [-0.15, -0.1) is 0 Å². The maximum atomic E-state index is 2.36. The highest BCUT2D eigenvalue weighted by Crippen LogP contribution is 2.36. The molecular formula is C12H16. The second-order valence-electron chi connectivity index (χ2n) is 3.82. The summed E-state index contributed by atoms with van der Waals surface area (Å²) in [6, 6.07) is 0. The lowest BCUT2D eigenvalue weighted by Crippen LogP contribution is -1.85. The Kier molecular flexibility index (Phi) is 1.92. The molecule has 0 aromatic heterocycles. The Morgan fingerprint density at radius 3 is 1.92 bits per heavy atom. The lowest BCUT2D eigenvalue weighted by Gasteiger charge is -2.05. The largest absolute Gasteiger partial charge is 0.0775 e. The fourth-order valence-corrected chi connectivity index (χ4v) is 2.27. The summed E-state index contributed by atoms with van der Waals surface area (Å²) in [5, 5.41) is 0. The van der Waals surface area contributed by atoms with Gasteiger partial charge in [0, 0.05) is 0 Å². The van der Waals surface area contributed by atoms with Crippen LogP contribution in [0.15, 0.2) is 34.4 Å². The van der Waals surface area contributed by atoms with E-state index in [0.717, 1.165) is 6.42 Å². The molecule has 2 aliphatic rings. The van der Waals surface area contributed by atoms with Gasteiger partial charge in [-0.1, -0.05) is 23.3 Å². The molecule has 0 aromatic rings. The molecule has 0 aromatic carbocycles. The van der Waals surface area contributed by atoms with Crippen LogP contribution in [0.2, 0.25) is 0 Å². The first-order valence-electron chi connectivity index (χ1n) is 4.85. The quantitative estimate of drug-likeness (QED) is 0.506. The van der Waals surface area contributed by atoms with Crippen LogP contribution < -0.4 is 0 Å².